The normalized spacial score (nSPS) is 21.1. The molecule has 0 radical (unpaired) electrons. The summed E-state index contributed by atoms with van der Waals surface area (Å²) in [7, 11) is -4.07. The van der Waals surface area contributed by atoms with Crippen LogP contribution < -0.4 is 0 Å². The lowest BCUT2D eigenvalue weighted by molar-refractivity contribution is 0.165. The van der Waals surface area contributed by atoms with Crippen LogP contribution in [0.3, 0.4) is 0 Å². The fraction of sp³-hybridized carbons (Fsp3) is 0.538. The monoisotopic (exact) mass is 305 g/mol. The first-order chi connectivity index (χ1) is 9.36. The van der Waals surface area contributed by atoms with Gasteiger partial charge in [-0.3, -0.25) is 0 Å². The molecule has 1 saturated heterocycles. The number of sulfonamides is 1. The standard InChI is InChI=1S/C13H17F2NO3S/c1-9-5-12(15)13(6-11(9)14)20(18,19)16-4-2-3-10(7-16)8-17/h5-6,10,17H,2-4,7-8H2,1H3. The summed E-state index contributed by atoms with van der Waals surface area (Å²) < 4.78 is 53.2. The molecule has 0 aliphatic carbocycles. The molecule has 1 aliphatic rings. The molecule has 1 N–H and O–H groups in total. The molecule has 0 saturated carbocycles. The van der Waals surface area contributed by atoms with E-state index in [-0.39, 0.29) is 31.2 Å². The van der Waals surface area contributed by atoms with Crippen LogP contribution in [0.15, 0.2) is 17.0 Å². The average Bonchev–Trinajstić information content (AvgIpc) is 2.42. The highest BCUT2D eigenvalue weighted by Gasteiger charge is 2.32. The van der Waals surface area contributed by atoms with Gasteiger partial charge in [0.25, 0.3) is 0 Å². The molecular weight excluding hydrogens is 288 g/mol. The van der Waals surface area contributed by atoms with Crippen LogP contribution in [0.4, 0.5) is 8.78 Å². The Hall–Kier alpha value is -1.05. The maximum atomic E-state index is 13.8. The summed E-state index contributed by atoms with van der Waals surface area (Å²) in [5, 5.41) is 9.12. The van der Waals surface area contributed by atoms with Crippen LogP contribution in [0, 0.1) is 24.5 Å². The minimum absolute atomic E-state index is 0.0633. The Bertz CT molecular complexity index is 604. The second-order valence-corrected chi connectivity index (χ2v) is 6.99. The van der Waals surface area contributed by atoms with Crippen molar-refractivity contribution in [1.29, 1.82) is 0 Å². The van der Waals surface area contributed by atoms with Crippen molar-refractivity contribution >= 4 is 10.0 Å². The highest BCUT2D eigenvalue weighted by Crippen LogP contribution is 2.26. The summed E-state index contributed by atoms with van der Waals surface area (Å²) >= 11 is 0. The fourth-order valence-electron chi connectivity index (χ4n) is 2.36. The molecule has 1 unspecified atom stereocenters. The molecule has 2 rings (SSSR count). The largest absolute Gasteiger partial charge is 0.396 e. The Morgan fingerprint density at radius 1 is 1.35 bits per heavy atom. The van der Waals surface area contributed by atoms with Crippen LogP contribution in [0.2, 0.25) is 0 Å². The maximum Gasteiger partial charge on any atom is 0.246 e. The average molecular weight is 305 g/mol. The van der Waals surface area contributed by atoms with Crippen molar-refractivity contribution in [2.24, 2.45) is 5.92 Å². The molecule has 1 aliphatic heterocycles. The summed E-state index contributed by atoms with van der Waals surface area (Å²) in [6.45, 7) is 1.65. The number of rotatable bonds is 3. The van der Waals surface area contributed by atoms with E-state index < -0.39 is 26.6 Å². The number of benzene rings is 1. The first-order valence-corrected chi connectivity index (χ1v) is 7.87. The van der Waals surface area contributed by atoms with Gasteiger partial charge in [0.2, 0.25) is 10.0 Å². The van der Waals surface area contributed by atoms with Crippen molar-refractivity contribution in [3.8, 4) is 0 Å². The topological polar surface area (TPSA) is 57.6 Å². The Balaban J connectivity index is 2.37. The van der Waals surface area contributed by atoms with Gasteiger partial charge in [-0.25, -0.2) is 17.2 Å². The predicted octanol–water partition coefficient (Wildman–Crippen LogP) is 1.67. The van der Waals surface area contributed by atoms with Crippen LogP contribution in [0.25, 0.3) is 0 Å². The number of hydrogen-bond donors (Lipinski definition) is 1. The van der Waals surface area contributed by atoms with E-state index in [2.05, 4.69) is 0 Å². The molecule has 112 valence electrons. The SMILES string of the molecule is Cc1cc(F)c(S(=O)(=O)N2CCCC(CO)C2)cc1F. The Morgan fingerprint density at radius 3 is 2.70 bits per heavy atom. The third kappa shape index (κ3) is 2.84. The van der Waals surface area contributed by atoms with E-state index in [0.717, 1.165) is 22.9 Å². The van der Waals surface area contributed by atoms with Crippen LogP contribution in [-0.4, -0.2) is 37.5 Å². The van der Waals surface area contributed by atoms with Gasteiger partial charge in [0, 0.05) is 19.7 Å². The zero-order valence-corrected chi connectivity index (χ0v) is 12.0. The second-order valence-electron chi connectivity index (χ2n) is 5.09. The molecule has 1 aromatic carbocycles. The summed E-state index contributed by atoms with van der Waals surface area (Å²) in [5.74, 6) is -1.85. The van der Waals surface area contributed by atoms with Gasteiger partial charge in [-0.2, -0.15) is 4.31 Å². The lowest BCUT2D eigenvalue weighted by Crippen LogP contribution is -2.41. The van der Waals surface area contributed by atoms with E-state index in [1.54, 1.807) is 0 Å². The van der Waals surface area contributed by atoms with Crippen molar-refractivity contribution in [2.75, 3.05) is 19.7 Å². The van der Waals surface area contributed by atoms with Gasteiger partial charge >= 0.3 is 0 Å². The lowest BCUT2D eigenvalue weighted by Gasteiger charge is -2.31. The van der Waals surface area contributed by atoms with Crippen LogP contribution >= 0.6 is 0 Å². The zero-order chi connectivity index (χ0) is 14.9. The first-order valence-electron chi connectivity index (χ1n) is 6.43. The van der Waals surface area contributed by atoms with E-state index in [1.165, 1.54) is 6.92 Å². The molecule has 1 atom stereocenters. The highest BCUT2D eigenvalue weighted by atomic mass is 32.2. The van der Waals surface area contributed by atoms with E-state index >= 15 is 0 Å². The van der Waals surface area contributed by atoms with Crippen LogP contribution in [0.1, 0.15) is 18.4 Å². The quantitative estimate of drug-likeness (QED) is 0.924. The first kappa shape index (κ1) is 15.3. The summed E-state index contributed by atoms with van der Waals surface area (Å²) in [6, 6.07) is 1.61. The number of halogens is 2. The van der Waals surface area contributed by atoms with Crippen LogP contribution in [-0.2, 0) is 10.0 Å². The molecule has 0 bridgehead atoms. The third-order valence-corrected chi connectivity index (χ3v) is 5.45. The molecule has 1 aromatic rings. The molecule has 1 heterocycles. The molecular formula is C13H17F2NO3S. The van der Waals surface area contributed by atoms with Crippen molar-refractivity contribution in [1.82, 2.24) is 4.31 Å². The van der Waals surface area contributed by atoms with E-state index in [1.807, 2.05) is 0 Å². The van der Waals surface area contributed by atoms with Gasteiger partial charge in [0.1, 0.15) is 16.5 Å². The molecule has 1 fully saturated rings. The van der Waals surface area contributed by atoms with Gasteiger partial charge < -0.3 is 5.11 Å². The smallest absolute Gasteiger partial charge is 0.246 e. The summed E-state index contributed by atoms with van der Waals surface area (Å²) in [5.41, 5.74) is 0.0633. The van der Waals surface area contributed by atoms with Crippen molar-refractivity contribution in [2.45, 2.75) is 24.7 Å². The zero-order valence-electron chi connectivity index (χ0n) is 11.1. The Kier molecular flexibility index (Phi) is 4.41. The number of aliphatic hydroxyl groups excluding tert-OH is 1. The highest BCUT2D eigenvalue weighted by molar-refractivity contribution is 7.89. The van der Waals surface area contributed by atoms with Gasteiger partial charge in [-0.1, -0.05) is 0 Å². The number of hydrogen-bond acceptors (Lipinski definition) is 3. The summed E-state index contributed by atoms with van der Waals surface area (Å²) in [6.07, 6.45) is 1.33. The predicted molar refractivity (Wildman–Crippen MR) is 69.7 cm³/mol. The second kappa shape index (κ2) is 5.75. The molecule has 20 heavy (non-hydrogen) atoms. The molecule has 7 heteroatoms. The van der Waals surface area contributed by atoms with Gasteiger partial charge in [-0.05, 0) is 43.4 Å². The van der Waals surface area contributed by atoms with Gasteiger partial charge in [0.15, 0.2) is 0 Å². The minimum atomic E-state index is -4.07. The van der Waals surface area contributed by atoms with Crippen molar-refractivity contribution < 1.29 is 22.3 Å². The molecule has 0 amide bonds. The third-order valence-electron chi connectivity index (χ3n) is 3.57. The van der Waals surface area contributed by atoms with Crippen molar-refractivity contribution in [3.63, 3.8) is 0 Å². The Labute approximate surface area is 117 Å². The maximum absolute atomic E-state index is 13.8. The van der Waals surface area contributed by atoms with E-state index in [9.17, 15) is 17.2 Å². The van der Waals surface area contributed by atoms with E-state index in [0.29, 0.717) is 6.42 Å². The number of aliphatic hydroxyl groups is 1. The summed E-state index contributed by atoms with van der Waals surface area (Å²) in [4.78, 5) is -0.640. The fourth-order valence-corrected chi connectivity index (χ4v) is 3.97. The molecule has 0 aromatic heterocycles. The number of aryl methyl sites for hydroxylation is 1. The van der Waals surface area contributed by atoms with Crippen LogP contribution in [0.5, 0.6) is 0 Å². The number of piperidine rings is 1. The molecule has 4 nitrogen and oxygen atoms in total. The lowest BCUT2D eigenvalue weighted by atomic mass is 10.0. The van der Waals surface area contributed by atoms with E-state index in [4.69, 9.17) is 5.11 Å². The minimum Gasteiger partial charge on any atom is -0.396 e. The van der Waals surface area contributed by atoms with Gasteiger partial charge in [-0.15, -0.1) is 0 Å². The van der Waals surface area contributed by atoms with Gasteiger partial charge in [0.05, 0.1) is 0 Å². The van der Waals surface area contributed by atoms with Crippen molar-refractivity contribution in [3.05, 3.63) is 29.3 Å². The Morgan fingerprint density at radius 2 is 2.05 bits per heavy atom. The number of nitrogens with zero attached hydrogens (tertiary/aromatic N) is 1. The molecule has 0 spiro atoms.